The summed E-state index contributed by atoms with van der Waals surface area (Å²) in [6, 6.07) is 10.5. The van der Waals surface area contributed by atoms with E-state index in [4.69, 9.17) is 4.74 Å². The van der Waals surface area contributed by atoms with Crippen molar-refractivity contribution < 1.29 is 4.74 Å². The van der Waals surface area contributed by atoms with Crippen LogP contribution in [0.1, 0.15) is 28.3 Å². The molecule has 1 aromatic carbocycles. The number of nitrogens with zero attached hydrogens (tertiary/aromatic N) is 2. The predicted octanol–water partition coefficient (Wildman–Crippen LogP) is 2.42. The van der Waals surface area contributed by atoms with E-state index in [0.717, 1.165) is 36.7 Å². The van der Waals surface area contributed by atoms with Crippen LogP contribution in [0.3, 0.4) is 0 Å². The van der Waals surface area contributed by atoms with Gasteiger partial charge in [0.15, 0.2) is 0 Å². The first-order valence-corrected chi connectivity index (χ1v) is 7.26. The zero-order valence-corrected chi connectivity index (χ0v) is 13.0. The van der Waals surface area contributed by atoms with Crippen LogP contribution < -0.4 is 5.32 Å². The van der Waals surface area contributed by atoms with Crippen LogP contribution in [-0.4, -0.2) is 30.2 Å². The van der Waals surface area contributed by atoms with E-state index < -0.39 is 0 Å². The molecule has 21 heavy (non-hydrogen) atoms. The Balaban J connectivity index is 2.02. The summed E-state index contributed by atoms with van der Waals surface area (Å²) in [6.07, 6.45) is 0.771. The van der Waals surface area contributed by atoms with Crippen LogP contribution in [0.4, 0.5) is 0 Å². The fourth-order valence-corrected chi connectivity index (χ4v) is 2.15. The first kappa shape index (κ1) is 15.6. The van der Waals surface area contributed by atoms with Gasteiger partial charge in [-0.2, -0.15) is 0 Å². The molecule has 0 aliphatic heterocycles. The van der Waals surface area contributed by atoms with Gasteiger partial charge in [0.05, 0.1) is 12.3 Å². The molecule has 1 N–H and O–H groups in total. The lowest BCUT2D eigenvalue weighted by atomic mass is 10.1. The van der Waals surface area contributed by atoms with Crippen molar-refractivity contribution >= 4 is 0 Å². The van der Waals surface area contributed by atoms with Crippen molar-refractivity contribution in [3.8, 4) is 0 Å². The molecule has 4 nitrogen and oxygen atoms in total. The Morgan fingerprint density at radius 2 is 1.86 bits per heavy atom. The smallest absolute Gasteiger partial charge is 0.133 e. The minimum atomic E-state index is 0.709. The molecule has 0 unspecified atom stereocenters. The van der Waals surface area contributed by atoms with Crippen molar-refractivity contribution in [3.63, 3.8) is 0 Å². The number of hydrogen-bond acceptors (Lipinski definition) is 4. The van der Waals surface area contributed by atoms with E-state index in [-0.39, 0.29) is 0 Å². The Morgan fingerprint density at radius 3 is 2.57 bits per heavy atom. The van der Waals surface area contributed by atoms with Crippen molar-refractivity contribution in [1.29, 1.82) is 0 Å². The Labute approximate surface area is 126 Å². The molecule has 0 atom stereocenters. The van der Waals surface area contributed by atoms with Gasteiger partial charge in [0.25, 0.3) is 0 Å². The number of benzene rings is 1. The predicted molar refractivity (Wildman–Crippen MR) is 84.3 cm³/mol. The minimum absolute atomic E-state index is 0.709. The third-order valence-electron chi connectivity index (χ3n) is 3.23. The summed E-state index contributed by atoms with van der Waals surface area (Å²) in [6.45, 7) is 6.39. The number of nitrogens with one attached hydrogen (secondary N) is 1. The molecule has 0 saturated carbocycles. The third-order valence-corrected chi connectivity index (χ3v) is 3.23. The van der Waals surface area contributed by atoms with E-state index in [9.17, 15) is 0 Å². The van der Waals surface area contributed by atoms with Gasteiger partial charge in [0.1, 0.15) is 5.82 Å². The molecule has 0 saturated heterocycles. The number of aromatic nitrogens is 2. The minimum Gasteiger partial charge on any atom is -0.383 e. The fraction of sp³-hybridized carbons (Fsp3) is 0.412. The number of ether oxygens (including phenoxy) is 1. The Bertz CT molecular complexity index is 567. The Kier molecular flexibility index (Phi) is 5.84. The van der Waals surface area contributed by atoms with Crippen LogP contribution in [-0.2, 0) is 17.7 Å². The second-order valence-electron chi connectivity index (χ2n) is 5.25. The number of methoxy groups -OCH3 is 1. The first-order chi connectivity index (χ1) is 10.2. The number of hydrogen-bond donors (Lipinski definition) is 1. The summed E-state index contributed by atoms with van der Waals surface area (Å²) in [5.74, 6) is 0.877. The highest BCUT2D eigenvalue weighted by Gasteiger charge is 2.04. The Morgan fingerprint density at radius 1 is 1.10 bits per heavy atom. The van der Waals surface area contributed by atoms with Crippen molar-refractivity contribution in [2.24, 2.45) is 0 Å². The van der Waals surface area contributed by atoms with E-state index in [1.807, 2.05) is 13.0 Å². The molecule has 2 aromatic rings. The van der Waals surface area contributed by atoms with Gasteiger partial charge in [-0.15, -0.1) is 0 Å². The molecule has 0 radical (unpaired) electrons. The zero-order chi connectivity index (χ0) is 15.1. The van der Waals surface area contributed by atoms with Gasteiger partial charge in [0, 0.05) is 32.3 Å². The molecule has 0 aliphatic carbocycles. The largest absolute Gasteiger partial charge is 0.383 e. The van der Waals surface area contributed by atoms with E-state index in [0.29, 0.717) is 6.61 Å². The highest BCUT2D eigenvalue weighted by atomic mass is 16.5. The van der Waals surface area contributed by atoms with E-state index in [1.165, 1.54) is 11.1 Å². The molecule has 1 heterocycles. The monoisotopic (exact) mass is 285 g/mol. The maximum Gasteiger partial charge on any atom is 0.133 e. The van der Waals surface area contributed by atoms with Crippen molar-refractivity contribution in [2.75, 3.05) is 20.3 Å². The average Bonchev–Trinajstić information content (AvgIpc) is 2.46. The molecular formula is C17H23N3O. The molecule has 2 rings (SSSR count). The summed E-state index contributed by atoms with van der Waals surface area (Å²) >= 11 is 0. The summed E-state index contributed by atoms with van der Waals surface area (Å²) in [5, 5.41) is 3.31. The molecule has 112 valence electrons. The maximum atomic E-state index is 5.02. The van der Waals surface area contributed by atoms with Gasteiger partial charge < -0.3 is 10.1 Å². The standard InChI is InChI=1S/C17H23N3O/c1-13-4-6-15(7-5-13)11-17-19-14(2)10-16(20-17)12-18-8-9-21-3/h4-7,10,18H,8-9,11-12H2,1-3H3. The van der Waals surface area contributed by atoms with Crippen LogP contribution in [0.25, 0.3) is 0 Å². The van der Waals surface area contributed by atoms with Crippen molar-refractivity contribution in [2.45, 2.75) is 26.8 Å². The molecule has 1 aromatic heterocycles. The van der Waals surface area contributed by atoms with Crippen molar-refractivity contribution in [1.82, 2.24) is 15.3 Å². The summed E-state index contributed by atoms with van der Waals surface area (Å²) in [4.78, 5) is 9.17. The average molecular weight is 285 g/mol. The lowest BCUT2D eigenvalue weighted by Gasteiger charge is -2.08. The van der Waals surface area contributed by atoms with Crippen LogP contribution in [0.2, 0.25) is 0 Å². The molecule has 0 spiro atoms. The SMILES string of the molecule is COCCNCc1cc(C)nc(Cc2ccc(C)cc2)n1. The van der Waals surface area contributed by atoms with Gasteiger partial charge in [0.2, 0.25) is 0 Å². The van der Waals surface area contributed by atoms with Gasteiger partial charge in [-0.1, -0.05) is 29.8 Å². The second-order valence-corrected chi connectivity index (χ2v) is 5.25. The van der Waals surface area contributed by atoms with Crippen LogP contribution >= 0.6 is 0 Å². The van der Waals surface area contributed by atoms with Crippen LogP contribution in [0.15, 0.2) is 30.3 Å². The maximum absolute atomic E-state index is 5.02. The summed E-state index contributed by atoms with van der Waals surface area (Å²) in [5.41, 5.74) is 4.55. The third kappa shape index (κ3) is 5.25. The second kappa shape index (κ2) is 7.86. The van der Waals surface area contributed by atoms with Gasteiger partial charge in [-0.05, 0) is 25.5 Å². The van der Waals surface area contributed by atoms with E-state index in [2.05, 4.69) is 46.5 Å². The summed E-state index contributed by atoms with van der Waals surface area (Å²) < 4.78 is 5.02. The molecule has 4 heteroatoms. The fourth-order valence-electron chi connectivity index (χ4n) is 2.15. The lowest BCUT2D eigenvalue weighted by Crippen LogP contribution is -2.20. The first-order valence-electron chi connectivity index (χ1n) is 7.26. The zero-order valence-electron chi connectivity index (χ0n) is 13.0. The number of rotatable bonds is 7. The molecule has 0 amide bonds. The Hall–Kier alpha value is -1.78. The van der Waals surface area contributed by atoms with Crippen LogP contribution in [0, 0.1) is 13.8 Å². The highest BCUT2D eigenvalue weighted by molar-refractivity contribution is 5.24. The van der Waals surface area contributed by atoms with E-state index >= 15 is 0 Å². The van der Waals surface area contributed by atoms with Gasteiger partial charge in [-0.25, -0.2) is 9.97 Å². The van der Waals surface area contributed by atoms with Gasteiger partial charge >= 0.3 is 0 Å². The molecule has 0 fully saturated rings. The molecule has 0 aliphatic rings. The van der Waals surface area contributed by atoms with E-state index in [1.54, 1.807) is 7.11 Å². The lowest BCUT2D eigenvalue weighted by molar-refractivity contribution is 0.199. The summed E-state index contributed by atoms with van der Waals surface area (Å²) in [7, 11) is 1.70. The molecular weight excluding hydrogens is 262 g/mol. The van der Waals surface area contributed by atoms with Gasteiger partial charge in [-0.3, -0.25) is 0 Å². The van der Waals surface area contributed by atoms with Crippen molar-refractivity contribution in [3.05, 3.63) is 58.7 Å². The normalized spacial score (nSPS) is 10.8. The molecule has 0 bridgehead atoms. The topological polar surface area (TPSA) is 47.0 Å². The number of aryl methyl sites for hydroxylation is 2. The quantitative estimate of drug-likeness (QED) is 0.794. The van der Waals surface area contributed by atoms with Crippen LogP contribution in [0.5, 0.6) is 0 Å². The highest BCUT2D eigenvalue weighted by Crippen LogP contribution is 2.09.